The third-order valence-electron chi connectivity index (χ3n) is 2.14. The fraction of sp³-hybridized carbons (Fsp3) is 0.300. The molecule has 0 aromatic heterocycles. The fourth-order valence-electron chi connectivity index (χ4n) is 1.38. The van der Waals surface area contributed by atoms with Gasteiger partial charge in [-0.15, -0.1) is 0 Å². The Morgan fingerprint density at radius 3 is 2.71 bits per heavy atom. The zero-order valence-electron chi connectivity index (χ0n) is 8.84. The molecule has 1 unspecified atom stereocenters. The summed E-state index contributed by atoms with van der Waals surface area (Å²) in [7, 11) is 1.16. The smallest absolute Gasteiger partial charge is 0.305 e. The highest BCUT2D eigenvalue weighted by atomic mass is 35.5. The number of hydrogen-bond acceptors (Lipinski definition) is 3. The molecule has 1 atom stereocenters. The number of carboxylic acids is 1. The van der Waals surface area contributed by atoms with Gasteiger partial charge in [0, 0.05) is 11.6 Å². The molecule has 3 N–H and O–H groups in total. The number of nitrogens with two attached hydrogens (primary N) is 1. The Balaban J connectivity index is 3.27. The van der Waals surface area contributed by atoms with Crippen LogP contribution in [0.5, 0.6) is 5.75 Å². The minimum Gasteiger partial charge on any atom is -0.493 e. The molecule has 0 heterocycles. The predicted octanol–water partition coefficient (Wildman–Crippen LogP) is 2.10. The summed E-state index contributed by atoms with van der Waals surface area (Å²) in [5.41, 5.74) is 5.45. The minimum absolute atomic E-state index is 0.0747. The number of rotatable bonds is 4. The summed E-state index contributed by atoms with van der Waals surface area (Å²) >= 11 is 5.36. The first-order valence-electron chi connectivity index (χ1n) is 4.57. The Labute approximate surface area is 101 Å². The van der Waals surface area contributed by atoms with Gasteiger partial charge in [0.25, 0.3) is 0 Å². The Bertz CT molecular complexity index is 454. The van der Waals surface area contributed by atoms with Crippen LogP contribution in [0.15, 0.2) is 6.07 Å². The highest BCUT2D eigenvalue weighted by molar-refractivity contribution is 6.31. The topological polar surface area (TPSA) is 72.5 Å². The van der Waals surface area contributed by atoms with Crippen LogP contribution in [-0.2, 0) is 4.79 Å². The van der Waals surface area contributed by atoms with Crippen molar-refractivity contribution in [2.24, 2.45) is 5.73 Å². The SMILES string of the molecule is COc1c(C(N)CC(=O)O)cc(F)c(Cl)c1F. The van der Waals surface area contributed by atoms with Gasteiger partial charge < -0.3 is 15.6 Å². The number of hydrogen-bond donors (Lipinski definition) is 2. The van der Waals surface area contributed by atoms with E-state index in [0.717, 1.165) is 13.2 Å². The molecule has 1 rings (SSSR count). The first-order valence-corrected chi connectivity index (χ1v) is 4.95. The lowest BCUT2D eigenvalue weighted by Crippen LogP contribution is -2.17. The van der Waals surface area contributed by atoms with E-state index in [1.807, 2.05) is 0 Å². The number of benzene rings is 1. The van der Waals surface area contributed by atoms with Gasteiger partial charge in [0.2, 0.25) is 0 Å². The van der Waals surface area contributed by atoms with Gasteiger partial charge in [-0.2, -0.15) is 0 Å². The lowest BCUT2D eigenvalue weighted by molar-refractivity contribution is -0.137. The van der Waals surface area contributed by atoms with Crippen molar-refractivity contribution in [1.29, 1.82) is 0 Å². The molecule has 0 aliphatic rings. The van der Waals surface area contributed by atoms with Crippen molar-refractivity contribution < 1.29 is 23.4 Å². The van der Waals surface area contributed by atoms with E-state index in [9.17, 15) is 13.6 Å². The zero-order valence-corrected chi connectivity index (χ0v) is 9.59. The molecule has 1 aromatic rings. The highest BCUT2D eigenvalue weighted by Gasteiger charge is 2.23. The van der Waals surface area contributed by atoms with Crippen LogP contribution in [0.25, 0.3) is 0 Å². The number of ether oxygens (including phenoxy) is 1. The molecule has 0 fully saturated rings. The van der Waals surface area contributed by atoms with Crippen molar-refractivity contribution in [1.82, 2.24) is 0 Å². The van der Waals surface area contributed by atoms with Crippen LogP contribution in [0.2, 0.25) is 5.02 Å². The number of methoxy groups -OCH3 is 1. The lowest BCUT2D eigenvalue weighted by atomic mass is 10.0. The molecule has 17 heavy (non-hydrogen) atoms. The molecule has 0 amide bonds. The molecule has 0 aliphatic carbocycles. The van der Waals surface area contributed by atoms with E-state index in [-0.39, 0.29) is 11.3 Å². The van der Waals surface area contributed by atoms with E-state index in [4.69, 9.17) is 27.2 Å². The minimum atomic E-state index is -1.18. The summed E-state index contributed by atoms with van der Waals surface area (Å²) in [6, 6.07) is -0.207. The van der Waals surface area contributed by atoms with Gasteiger partial charge in [0.15, 0.2) is 11.6 Å². The van der Waals surface area contributed by atoms with Gasteiger partial charge in [0.05, 0.1) is 13.5 Å². The van der Waals surface area contributed by atoms with E-state index < -0.39 is 35.1 Å². The van der Waals surface area contributed by atoms with Crippen LogP contribution in [0, 0.1) is 11.6 Å². The second-order valence-corrected chi connectivity index (χ2v) is 3.69. The van der Waals surface area contributed by atoms with Crippen LogP contribution in [0.1, 0.15) is 18.0 Å². The maximum Gasteiger partial charge on any atom is 0.305 e. The lowest BCUT2D eigenvalue weighted by Gasteiger charge is -2.15. The van der Waals surface area contributed by atoms with E-state index in [2.05, 4.69) is 0 Å². The molecule has 94 valence electrons. The van der Waals surface area contributed by atoms with Crippen LogP contribution >= 0.6 is 11.6 Å². The molecular weight excluding hydrogens is 256 g/mol. The number of carbonyl (C=O) groups is 1. The van der Waals surface area contributed by atoms with Crippen molar-refractivity contribution >= 4 is 17.6 Å². The van der Waals surface area contributed by atoms with E-state index in [1.165, 1.54) is 0 Å². The quantitative estimate of drug-likeness (QED) is 0.818. The summed E-state index contributed by atoms with van der Waals surface area (Å²) < 4.78 is 31.5. The van der Waals surface area contributed by atoms with E-state index >= 15 is 0 Å². The average Bonchev–Trinajstić information content (AvgIpc) is 2.24. The molecule has 0 saturated heterocycles. The standard InChI is InChI=1S/C10H10ClF2NO3/c1-17-10-4(6(14)3-7(15)16)2-5(12)8(11)9(10)13/h2,6H,3,14H2,1H3,(H,15,16). The van der Waals surface area contributed by atoms with Crippen molar-refractivity contribution in [3.8, 4) is 5.75 Å². The normalized spacial score (nSPS) is 12.3. The molecule has 0 bridgehead atoms. The molecule has 0 radical (unpaired) electrons. The Morgan fingerprint density at radius 2 is 2.24 bits per heavy atom. The van der Waals surface area contributed by atoms with Crippen LogP contribution in [0.4, 0.5) is 8.78 Å². The van der Waals surface area contributed by atoms with Gasteiger partial charge in [-0.25, -0.2) is 8.78 Å². The van der Waals surface area contributed by atoms with Crippen molar-refractivity contribution in [3.05, 3.63) is 28.3 Å². The molecule has 7 heteroatoms. The van der Waals surface area contributed by atoms with Crippen molar-refractivity contribution in [2.75, 3.05) is 7.11 Å². The fourth-order valence-corrected chi connectivity index (χ4v) is 1.52. The maximum absolute atomic E-state index is 13.5. The monoisotopic (exact) mass is 265 g/mol. The average molecular weight is 266 g/mol. The van der Waals surface area contributed by atoms with Gasteiger partial charge in [-0.3, -0.25) is 4.79 Å². The second-order valence-electron chi connectivity index (χ2n) is 3.31. The molecule has 4 nitrogen and oxygen atoms in total. The molecule has 0 saturated carbocycles. The molecule has 0 aliphatic heterocycles. The third-order valence-corrected chi connectivity index (χ3v) is 2.49. The highest BCUT2D eigenvalue weighted by Crippen LogP contribution is 2.34. The summed E-state index contributed by atoms with van der Waals surface area (Å²) in [4.78, 5) is 10.5. The number of halogens is 3. The summed E-state index contributed by atoms with van der Waals surface area (Å²) in [5.74, 6) is -3.63. The van der Waals surface area contributed by atoms with Gasteiger partial charge in [-0.05, 0) is 6.07 Å². The van der Waals surface area contributed by atoms with Gasteiger partial charge >= 0.3 is 5.97 Å². The largest absolute Gasteiger partial charge is 0.493 e. The first kappa shape index (κ1) is 13.7. The molecule has 1 aromatic carbocycles. The van der Waals surface area contributed by atoms with Gasteiger partial charge in [-0.1, -0.05) is 11.6 Å². The predicted molar refractivity (Wildman–Crippen MR) is 57.1 cm³/mol. The van der Waals surface area contributed by atoms with Crippen LogP contribution in [0.3, 0.4) is 0 Å². The van der Waals surface area contributed by atoms with E-state index in [1.54, 1.807) is 0 Å². The Morgan fingerprint density at radius 1 is 1.65 bits per heavy atom. The van der Waals surface area contributed by atoms with Crippen molar-refractivity contribution in [3.63, 3.8) is 0 Å². The second kappa shape index (κ2) is 5.29. The van der Waals surface area contributed by atoms with Gasteiger partial charge in [0.1, 0.15) is 10.8 Å². The molecule has 0 spiro atoms. The van der Waals surface area contributed by atoms with E-state index in [0.29, 0.717) is 0 Å². The molecular formula is C10H10ClF2NO3. The first-order chi connectivity index (χ1) is 7.88. The number of aliphatic carboxylic acids is 1. The zero-order chi connectivity index (χ0) is 13.2. The Hall–Kier alpha value is -1.40. The Kier molecular flexibility index (Phi) is 4.25. The number of carboxylic acid groups (broad SMARTS) is 1. The third kappa shape index (κ3) is 2.83. The van der Waals surface area contributed by atoms with Crippen LogP contribution < -0.4 is 10.5 Å². The van der Waals surface area contributed by atoms with Crippen molar-refractivity contribution in [2.45, 2.75) is 12.5 Å². The summed E-state index contributed by atoms with van der Waals surface area (Å²) in [6.45, 7) is 0. The maximum atomic E-state index is 13.5. The summed E-state index contributed by atoms with van der Waals surface area (Å²) in [5, 5.41) is 7.85. The summed E-state index contributed by atoms with van der Waals surface area (Å²) in [6.07, 6.45) is -0.475. The van der Waals surface area contributed by atoms with Crippen LogP contribution in [-0.4, -0.2) is 18.2 Å².